The van der Waals surface area contributed by atoms with Crippen LogP contribution >= 0.6 is 0 Å². The van der Waals surface area contributed by atoms with Crippen molar-refractivity contribution in [3.8, 4) is 11.1 Å². The second-order valence-corrected chi connectivity index (χ2v) is 6.78. The number of rotatable bonds is 3. The maximum absolute atomic E-state index is 14.0. The highest BCUT2D eigenvalue weighted by Gasteiger charge is 2.22. The van der Waals surface area contributed by atoms with Gasteiger partial charge < -0.3 is 15.4 Å². The lowest BCUT2D eigenvalue weighted by Crippen LogP contribution is -2.38. The Morgan fingerprint density at radius 3 is 2.81 bits per heavy atom. The lowest BCUT2D eigenvalue weighted by atomic mass is 9.93. The number of fused-ring (bicyclic) bond motifs is 1. The van der Waals surface area contributed by atoms with E-state index in [-0.39, 0.29) is 18.1 Å². The number of aromatic amines is 1. The van der Waals surface area contributed by atoms with E-state index in [0.29, 0.717) is 29.5 Å². The Balaban J connectivity index is 1.62. The molecule has 0 radical (unpaired) electrons. The molecule has 3 aromatic rings. The summed E-state index contributed by atoms with van der Waals surface area (Å²) < 4.78 is 14.0. The number of aromatic nitrogens is 2. The molecule has 1 aliphatic rings. The summed E-state index contributed by atoms with van der Waals surface area (Å²) in [6.45, 7) is 0. The zero-order valence-electron chi connectivity index (χ0n) is 14.2. The summed E-state index contributed by atoms with van der Waals surface area (Å²) in [5, 5.41) is 13.4. The van der Waals surface area contributed by atoms with Gasteiger partial charge in [-0.15, -0.1) is 0 Å². The zero-order valence-corrected chi connectivity index (χ0v) is 14.2. The fourth-order valence-electron chi connectivity index (χ4n) is 3.56. The van der Waals surface area contributed by atoms with Gasteiger partial charge in [0.1, 0.15) is 0 Å². The topological polar surface area (TPSA) is 78.0 Å². The van der Waals surface area contributed by atoms with Crippen LogP contribution in [0.15, 0.2) is 42.7 Å². The number of halogens is 1. The van der Waals surface area contributed by atoms with Crippen molar-refractivity contribution in [1.82, 2.24) is 15.3 Å². The first-order chi connectivity index (χ1) is 12.6. The van der Waals surface area contributed by atoms with Crippen LogP contribution in [0.2, 0.25) is 0 Å². The van der Waals surface area contributed by atoms with Gasteiger partial charge in [0, 0.05) is 34.9 Å². The third kappa shape index (κ3) is 3.20. The molecule has 2 heterocycles. The SMILES string of the molecule is O=C(N[C@H]1CC[C@H](O)CC1)c1c[nH]c2ccc(-c3cccnc3F)cc12. The van der Waals surface area contributed by atoms with E-state index in [4.69, 9.17) is 0 Å². The Morgan fingerprint density at radius 1 is 1.23 bits per heavy atom. The highest BCUT2D eigenvalue weighted by atomic mass is 19.1. The number of pyridine rings is 1. The van der Waals surface area contributed by atoms with Crippen molar-refractivity contribution in [2.45, 2.75) is 37.8 Å². The predicted octanol–water partition coefficient (Wildman–Crippen LogP) is 3.40. The van der Waals surface area contributed by atoms with Crippen LogP contribution in [-0.4, -0.2) is 33.1 Å². The summed E-state index contributed by atoms with van der Waals surface area (Å²) in [4.78, 5) is 19.5. The number of aliphatic hydroxyl groups excluding tert-OH is 1. The van der Waals surface area contributed by atoms with Crippen LogP contribution in [0.3, 0.4) is 0 Å². The van der Waals surface area contributed by atoms with Gasteiger partial charge in [-0.2, -0.15) is 4.39 Å². The van der Waals surface area contributed by atoms with E-state index >= 15 is 0 Å². The van der Waals surface area contributed by atoms with Crippen LogP contribution in [0.4, 0.5) is 4.39 Å². The highest BCUT2D eigenvalue weighted by molar-refractivity contribution is 6.07. The third-order valence-electron chi connectivity index (χ3n) is 5.03. The Bertz CT molecular complexity index is 945. The molecular formula is C20H20FN3O2. The zero-order chi connectivity index (χ0) is 18.1. The third-order valence-corrected chi connectivity index (χ3v) is 5.03. The van der Waals surface area contributed by atoms with E-state index < -0.39 is 5.95 Å². The minimum Gasteiger partial charge on any atom is -0.393 e. The Morgan fingerprint density at radius 2 is 2.04 bits per heavy atom. The van der Waals surface area contributed by atoms with Gasteiger partial charge in [-0.1, -0.05) is 6.07 Å². The van der Waals surface area contributed by atoms with E-state index in [9.17, 15) is 14.3 Å². The van der Waals surface area contributed by atoms with Gasteiger partial charge in [0.15, 0.2) is 0 Å². The first kappa shape index (κ1) is 16.7. The predicted molar refractivity (Wildman–Crippen MR) is 97.2 cm³/mol. The fraction of sp³-hybridized carbons (Fsp3) is 0.300. The number of benzene rings is 1. The number of hydrogen-bond donors (Lipinski definition) is 3. The molecule has 1 aliphatic carbocycles. The average molecular weight is 353 g/mol. The van der Waals surface area contributed by atoms with Gasteiger partial charge in [0.2, 0.25) is 5.95 Å². The Hall–Kier alpha value is -2.73. The number of hydrogen-bond acceptors (Lipinski definition) is 3. The van der Waals surface area contributed by atoms with Crippen molar-refractivity contribution in [2.75, 3.05) is 0 Å². The van der Waals surface area contributed by atoms with Crippen LogP contribution in [-0.2, 0) is 0 Å². The van der Waals surface area contributed by atoms with Gasteiger partial charge in [-0.05, 0) is 55.5 Å². The molecule has 0 atom stereocenters. The molecule has 1 fully saturated rings. The van der Waals surface area contributed by atoms with Crippen molar-refractivity contribution < 1.29 is 14.3 Å². The van der Waals surface area contributed by atoms with E-state index in [2.05, 4.69) is 15.3 Å². The summed E-state index contributed by atoms with van der Waals surface area (Å²) in [6.07, 6.45) is 5.82. The molecule has 134 valence electrons. The van der Waals surface area contributed by atoms with Crippen LogP contribution < -0.4 is 5.32 Å². The van der Waals surface area contributed by atoms with E-state index in [1.807, 2.05) is 18.2 Å². The molecule has 3 N–H and O–H groups in total. The summed E-state index contributed by atoms with van der Waals surface area (Å²) in [5.41, 5.74) is 2.44. The number of aliphatic hydroxyl groups is 1. The van der Waals surface area contributed by atoms with Crippen LogP contribution in [0.5, 0.6) is 0 Å². The average Bonchev–Trinajstić information content (AvgIpc) is 3.07. The monoisotopic (exact) mass is 353 g/mol. The summed E-state index contributed by atoms with van der Waals surface area (Å²) in [7, 11) is 0. The van der Waals surface area contributed by atoms with Gasteiger partial charge >= 0.3 is 0 Å². The van der Waals surface area contributed by atoms with Crippen molar-refractivity contribution in [3.05, 3.63) is 54.2 Å². The number of nitrogens with one attached hydrogen (secondary N) is 2. The lowest BCUT2D eigenvalue weighted by Gasteiger charge is -2.26. The molecule has 0 bridgehead atoms. The minimum absolute atomic E-state index is 0.0785. The first-order valence-electron chi connectivity index (χ1n) is 8.83. The normalized spacial score (nSPS) is 20.2. The number of nitrogens with zero attached hydrogens (tertiary/aromatic N) is 1. The van der Waals surface area contributed by atoms with Crippen molar-refractivity contribution in [1.29, 1.82) is 0 Å². The van der Waals surface area contributed by atoms with Crippen molar-refractivity contribution >= 4 is 16.8 Å². The molecule has 6 heteroatoms. The molecule has 26 heavy (non-hydrogen) atoms. The van der Waals surface area contributed by atoms with Crippen molar-refractivity contribution in [3.63, 3.8) is 0 Å². The molecule has 1 saturated carbocycles. The standard InChI is InChI=1S/C20H20FN3O2/c21-19-15(2-1-9-22-19)12-3-8-18-16(10-12)17(11-23-18)20(26)24-13-4-6-14(25)7-5-13/h1-3,8-11,13-14,23,25H,4-7H2,(H,24,26)/t13-,14-. The lowest BCUT2D eigenvalue weighted by molar-refractivity contribution is 0.0869. The molecule has 0 spiro atoms. The number of carbonyl (C=O) groups is 1. The molecule has 0 aliphatic heterocycles. The van der Waals surface area contributed by atoms with E-state index in [1.54, 1.807) is 18.3 Å². The Kier molecular flexibility index (Phi) is 4.42. The molecule has 4 rings (SSSR count). The summed E-state index contributed by atoms with van der Waals surface area (Å²) in [5.74, 6) is -0.685. The molecule has 0 saturated heterocycles. The molecule has 2 aromatic heterocycles. The molecule has 5 nitrogen and oxygen atoms in total. The highest BCUT2D eigenvalue weighted by Crippen LogP contribution is 2.28. The maximum Gasteiger partial charge on any atom is 0.253 e. The van der Waals surface area contributed by atoms with Gasteiger partial charge in [-0.3, -0.25) is 4.79 Å². The van der Waals surface area contributed by atoms with E-state index in [0.717, 1.165) is 23.7 Å². The molecule has 0 unspecified atom stereocenters. The van der Waals surface area contributed by atoms with Gasteiger partial charge in [-0.25, -0.2) is 4.98 Å². The van der Waals surface area contributed by atoms with Gasteiger partial charge in [0.25, 0.3) is 5.91 Å². The number of amides is 1. The van der Waals surface area contributed by atoms with Crippen molar-refractivity contribution in [2.24, 2.45) is 0 Å². The Labute approximate surface area is 150 Å². The molecule has 1 aromatic carbocycles. The minimum atomic E-state index is -0.533. The second kappa shape index (κ2) is 6.88. The largest absolute Gasteiger partial charge is 0.393 e. The quantitative estimate of drug-likeness (QED) is 0.632. The summed E-state index contributed by atoms with van der Waals surface area (Å²) >= 11 is 0. The smallest absolute Gasteiger partial charge is 0.253 e. The first-order valence-corrected chi connectivity index (χ1v) is 8.83. The van der Waals surface area contributed by atoms with Crippen LogP contribution in [0.25, 0.3) is 22.0 Å². The van der Waals surface area contributed by atoms with Crippen LogP contribution in [0.1, 0.15) is 36.0 Å². The maximum atomic E-state index is 14.0. The molecular weight excluding hydrogens is 333 g/mol. The second-order valence-electron chi connectivity index (χ2n) is 6.78. The van der Waals surface area contributed by atoms with Crippen LogP contribution in [0, 0.1) is 5.95 Å². The number of carbonyl (C=O) groups excluding carboxylic acids is 1. The number of H-pyrrole nitrogens is 1. The fourth-order valence-corrected chi connectivity index (χ4v) is 3.56. The molecule has 1 amide bonds. The van der Waals surface area contributed by atoms with E-state index in [1.165, 1.54) is 6.20 Å². The van der Waals surface area contributed by atoms with Gasteiger partial charge in [0.05, 0.1) is 11.7 Å². The summed E-state index contributed by atoms with van der Waals surface area (Å²) in [6, 6.07) is 8.89.